The van der Waals surface area contributed by atoms with E-state index in [4.69, 9.17) is 5.11 Å². The number of carbonyl (C=O) groups is 4. The molecule has 0 unspecified atom stereocenters. The lowest BCUT2D eigenvalue weighted by atomic mass is 10.2. The lowest BCUT2D eigenvalue weighted by molar-refractivity contribution is -0.127. The van der Waals surface area contributed by atoms with Gasteiger partial charge in [0, 0.05) is 5.69 Å². The molecule has 1 fully saturated rings. The van der Waals surface area contributed by atoms with Crippen LogP contribution in [0.2, 0.25) is 0 Å². The first-order valence-electron chi connectivity index (χ1n) is 8.02. The van der Waals surface area contributed by atoms with Crippen LogP contribution < -0.4 is 5.32 Å². The Kier molecular flexibility index (Phi) is 5.46. The molecule has 1 heterocycles. The number of benzene rings is 2. The van der Waals surface area contributed by atoms with Crippen LogP contribution in [0.1, 0.15) is 15.9 Å². The summed E-state index contributed by atoms with van der Waals surface area (Å²) in [4.78, 5) is 48.8. The Morgan fingerprint density at radius 2 is 1.82 bits per heavy atom. The Morgan fingerprint density at radius 3 is 2.50 bits per heavy atom. The predicted molar refractivity (Wildman–Crippen MR) is 103 cm³/mol. The average Bonchev–Trinajstić information content (AvgIpc) is 2.91. The number of imide groups is 1. The number of hydrogen-bond donors (Lipinski definition) is 3. The summed E-state index contributed by atoms with van der Waals surface area (Å²) in [5, 5.41) is 20.3. The average molecular weight is 398 g/mol. The number of carboxylic acids is 1. The van der Waals surface area contributed by atoms with E-state index in [0.717, 1.165) is 34.4 Å². The van der Waals surface area contributed by atoms with Gasteiger partial charge in [0.2, 0.25) is 5.91 Å². The zero-order chi connectivity index (χ0) is 20.3. The first-order chi connectivity index (χ1) is 13.3. The fourth-order valence-electron chi connectivity index (χ4n) is 2.47. The highest BCUT2D eigenvalue weighted by Crippen LogP contribution is 2.32. The Balaban J connectivity index is 1.70. The Bertz CT molecular complexity index is 1000. The second-order valence-electron chi connectivity index (χ2n) is 5.76. The Morgan fingerprint density at radius 1 is 1.11 bits per heavy atom. The van der Waals surface area contributed by atoms with Crippen molar-refractivity contribution in [3.8, 4) is 5.75 Å². The molecule has 0 aromatic heterocycles. The fraction of sp³-hybridized carbons (Fsp3) is 0.0526. The molecule has 3 rings (SSSR count). The number of carboxylic acid groups (broad SMARTS) is 1. The summed E-state index contributed by atoms with van der Waals surface area (Å²) in [6, 6.07) is 12.5. The van der Waals surface area contributed by atoms with Crippen molar-refractivity contribution in [3.63, 3.8) is 0 Å². The van der Waals surface area contributed by atoms with Gasteiger partial charge in [0.15, 0.2) is 0 Å². The second kappa shape index (κ2) is 7.97. The minimum absolute atomic E-state index is 0.118. The van der Waals surface area contributed by atoms with Crippen LogP contribution in [0.4, 0.5) is 10.5 Å². The zero-order valence-electron chi connectivity index (χ0n) is 14.3. The van der Waals surface area contributed by atoms with Crippen molar-refractivity contribution >= 4 is 46.5 Å². The summed E-state index contributed by atoms with van der Waals surface area (Å²) in [5.74, 6) is -3.05. The number of nitrogens with one attached hydrogen (secondary N) is 1. The molecule has 0 aliphatic carbocycles. The summed E-state index contributed by atoms with van der Waals surface area (Å²) in [6.45, 7) is -0.514. The van der Waals surface area contributed by atoms with Crippen LogP contribution in [-0.4, -0.2) is 44.7 Å². The molecule has 0 radical (unpaired) electrons. The highest BCUT2D eigenvalue weighted by molar-refractivity contribution is 8.18. The van der Waals surface area contributed by atoms with Crippen molar-refractivity contribution in [1.29, 1.82) is 0 Å². The van der Waals surface area contributed by atoms with E-state index in [2.05, 4.69) is 5.32 Å². The molecule has 142 valence electrons. The van der Waals surface area contributed by atoms with Gasteiger partial charge in [0.25, 0.3) is 11.1 Å². The molecule has 3 amide bonds. The van der Waals surface area contributed by atoms with Crippen molar-refractivity contribution in [3.05, 3.63) is 64.6 Å². The SMILES string of the molecule is O=C(CN1C(=O)SC(=Cc2ccccc2)C1=O)Nc1ccc(O)c(C(=O)O)c1. The summed E-state index contributed by atoms with van der Waals surface area (Å²) < 4.78 is 0. The van der Waals surface area contributed by atoms with E-state index < -0.39 is 35.3 Å². The molecule has 3 N–H and O–H groups in total. The third kappa shape index (κ3) is 4.21. The van der Waals surface area contributed by atoms with Crippen molar-refractivity contribution in [2.24, 2.45) is 0 Å². The molecule has 0 saturated carbocycles. The summed E-state index contributed by atoms with van der Waals surface area (Å²) in [7, 11) is 0. The van der Waals surface area contributed by atoms with Gasteiger partial charge in [-0.1, -0.05) is 30.3 Å². The van der Waals surface area contributed by atoms with Gasteiger partial charge in [-0.25, -0.2) is 4.79 Å². The van der Waals surface area contributed by atoms with Crippen LogP contribution in [0.15, 0.2) is 53.4 Å². The van der Waals surface area contributed by atoms with Crippen molar-refractivity contribution < 1.29 is 29.4 Å². The molecule has 0 spiro atoms. The number of rotatable bonds is 5. The number of anilines is 1. The van der Waals surface area contributed by atoms with Crippen LogP contribution in [-0.2, 0) is 9.59 Å². The lowest BCUT2D eigenvalue weighted by Crippen LogP contribution is -2.36. The van der Waals surface area contributed by atoms with Crippen molar-refractivity contribution in [2.45, 2.75) is 0 Å². The summed E-state index contributed by atoms with van der Waals surface area (Å²) in [6.07, 6.45) is 1.57. The molecule has 9 heteroatoms. The maximum atomic E-state index is 12.4. The molecule has 0 bridgehead atoms. The summed E-state index contributed by atoms with van der Waals surface area (Å²) in [5.41, 5.74) is 0.490. The maximum absolute atomic E-state index is 12.4. The van der Waals surface area contributed by atoms with Crippen LogP contribution >= 0.6 is 11.8 Å². The van der Waals surface area contributed by atoms with Gasteiger partial charge in [0.05, 0.1) is 4.91 Å². The van der Waals surface area contributed by atoms with Crippen LogP contribution in [0, 0.1) is 0 Å². The van der Waals surface area contributed by atoms with E-state index in [0.29, 0.717) is 0 Å². The molecular formula is C19H14N2O6S. The van der Waals surface area contributed by atoms with Gasteiger partial charge in [-0.05, 0) is 41.6 Å². The standard InChI is InChI=1S/C19H14N2O6S/c22-14-7-6-12(9-13(14)18(25)26)20-16(23)10-21-17(24)15(28-19(21)27)8-11-4-2-1-3-5-11/h1-9,22H,10H2,(H,20,23)(H,25,26). The van der Waals surface area contributed by atoms with Crippen LogP contribution in [0.25, 0.3) is 6.08 Å². The highest BCUT2D eigenvalue weighted by Gasteiger charge is 2.36. The first-order valence-corrected chi connectivity index (χ1v) is 8.83. The molecule has 1 aliphatic heterocycles. The molecule has 2 aromatic rings. The maximum Gasteiger partial charge on any atom is 0.339 e. The van der Waals surface area contributed by atoms with Gasteiger partial charge >= 0.3 is 5.97 Å². The fourth-order valence-corrected chi connectivity index (χ4v) is 3.30. The van der Waals surface area contributed by atoms with Gasteiger partial charge in [0.1, 0.15) is 17.9 Å². The number of aromatic hydroxyl groups is 1. The number of hydrogen-bond acceptors (Lipinski definition) is 6. The van der Waals surface area contributed by atoms with E-state index in [1.165, 1.54) is 6.07 Å². The van der Waals surface area contributed by atoms with E-state index >= 15 is 0 Å². The normalized spacial score (nSPS) is 15.1. The first kappa shape index (κ1) is 19.2. The minimum atomic E-state index is -1.36. The van der Waals surface area contributed by atoms with Gasteiger partial charge in [-0.2, -0.15) is 0 Å². The molecule has 1 saturated heterocycles. The molecule has 1 aliphatic rings. The number of aromatic carboxylic acids is 1. The Hall–Kier alpha value is -3.59. The van der Waals surface area contributed by atoms with E-state index in [-0.39, 0.29) is 16.2 Å². The molecule has 2 aromatic carbocycles. The topological polar surface area (TPSA) is 124 Å². The van der Waals surface area contributed by atoms with Crippen LogP contribution in [0.5, 0.6) is 5.75 Å². The third-order valence-electron chi connectivity index (χ3n) is 3.78. The van der Waals surface area contributed by atoms with Gasteiger partial charge < -0.3 is 15.5 Å². The number of amides is 3. The van der Waals surface area contributed by atoms with E-state index in [9.17, 15) is 24.3 Å². The largest absolute Gasteiger partial charge is 0.507 e. The smallest absolute Gasteiger partial charge is 0.339 e. The molecular weight excluding hydrogens is 384 g/mol. The third-order valence-corrected chi connectivity index (χ3v) is 4.69. The van der Waals surface area contributed by atoms with E-state index in [1.54, 1.807) is 30.3 Å². The minimum Gasteiger partial charge on any atom is -0.507 e. The number of phenols is 1. The lowest BCUT2D eigenvalue weighted by Gasteiger charge is -2.13. The van der Waals surface area contributed by atoms with Crippen LogP contribution in [0.3, 0.4) is 0 Å². The number of carbonyl (C=O) groups excluding carboxylic acids is 3. The number of nitrogens with zero attached hydrogens (tertiary/aromatic N) is 1. The molecule has 0 atom stereocenters. The zero-order valence-corrected chi connectivity index (χ0v) is 15.1. The van der Waals surface area contributed by atoms with Crippen molar-refractivity contribution in [2.75, 3.05) is 11.9 Å². The molecule has 28 heavy (non-hydrogen) atoms. The predicted octanol–water partition coefficient (Wildman–Crippen LogP) is 2.77. The van der Waals surface area contributed by atoms with E-state index in [1.807, 2.05) is 6.07 Å². The Labute approximate surface area is 163 Å². The second-order valence-corrected chi connectivity index (χ2v) is 6.76. The quantitative estimate of drug-likeness (QED) is 0.522. The highest BCUT2D eigenvalue weighted by atomic mass is 32.2. The van der Waals surface area contributed by atoms with Crippen molar-refractivity contribution in [1.82, 2.24) is 4.90 Å². The van der Waals surface area contributed by atoms with Gasteiger partial charge in [-0.15, -0.1) is 0 Å². The van der Waals surface area contributed by atoms with Gasteiger partial charge in [-0.3, -0.25) is 19.3 Å². The monoisotopic (exact) mass is 398 g/mol. The summed E-state index contributed by atoms with van der Waals surface area (Å²) >= 11 is 0.741. The molecule has 8 nitrogen and oxygen atoms in total. The number of thioether (sulfide) groups is 1.